The Balaban J connectivity index is 2.26. The number of nitrogens with two attached hydrogens (primary N) is 1. The fourth-order valence-corrected chi connectivity index (χ4v) is 1.73. The van der Waals surface area contributed by atoms with Gasteiger partial charge in [0, 0.05) is 16.9 Å². The quantitative estimate of drug-likeness (QED) is 0.745. The van der Waals surface area contributed by atoms with Gasteiger partial charge in [0.05, 0.1) is 5.56 Å². The van der Waals surface area contributed by atoms with E-state index in [1.54, 1.807) is 0 Å². The van der Waals surface area contributed by atoms with Crippen molar-refractivity contribution in [3.63, 3.8) is 0 Å². The topological polar surface area (TPSA) is 75.3 Å². The summed E-state index contributed by atoms with van der Waals surface area (Å²) in [6, 6.07) is 8.56. The number of aromatic hydroxyl groups is 1. The molecule has 0 radical (unpaired) electrons. The molecule has 2 aromatic rings. The molecule has 0 aliphatic carbocycles. The van der Waals surface area contributed by atoms with E-state index in [9.17, 15) is 23.1 Å². The lowest BCUT2D eigenvalue weighted by Gasteiger charge is -2.12. The number of carbonyl (C=O) groups is 1. The Morgan fingerprint density at radius 1 is 1.14 bits per heavy atom. The average molecular weight is 296 g/mol. The van der Waals surface area contributed by atoms with Crippen molar-refractivity contribution in [2.75, 3.05) is 11.1 Å². The molecule has 0 heterocycles. The smallest absolute Gasteiger partial charge is 0.418 e. The number of benzene rings is 2. The average Bonchev–Trinajstić information content (AvgIpc) is 2.39. The predicted molar refractivity (Wildman–Crippen MR) is 71.9 cm³/mol. The third-order valence-corrected chi connectivity index (χ3v) is 2.72. The number of anilines is 2. The Bertz CT molecular complexity index is 684. The normalized spacial score (nSPS) is 11.2. The number of alkyl halides is 3. The van der Waals surface area contributed by atoms with Crippen LogP contribution in [0.15, 0.2) is 42.5 Å². The van der Waals surface area contributed by atoms with Gasteiger partial charge in [-0.05, 0) is 36.4 Å². The first kappa shape index (κ1) is 14.7. The summed E-state index contributed by atoms with van der Waals surface area (Å²) in [5.74, 6) is -0.750. The molecule has 0 spiro atoms. The van der Waals surface area contributed by atoms with Gasteiger partial charge >= 0.3 is 6.18 Å². The molecule has 2 aromatic carbocycles. The van der Waals surface area contributed by atoms with Gasteiger partial charge in [0.15, 0.2) is 0 Å². The van der Waals surface area contributed by atoms with Crippen LogP contribution in [0.2, 0.25) is 0 Å². The molecule has 0 saturated heterocycles. The highest BCUT2D eigenvalue weighted by atomic mass is 19.4. The van der Waals surface area contributed by atoms with Crippen molar-refractivity contribution >= 4 is 17.3 Å². The van der Waals surface area contributed by atoms with E-state index in [1.165, 1.54) is 30.3 Å². The molecule has 4 N–H and O–H groups in total. The van der Waals surface area contributed by atoms with Crippen molar-refractivity contribution in [3.8, 4) is 5.75 Å². The van der Waals surface area contributed by atoms with E-state index < -0.39 is 23.3 Å². The maximum Gasteiger partial charge on any atom is 0.418 e. The summed E-state index contributed by atoms with van der Waals surface area (Å²) in [4.78, 5) is 11.9. The number of hydrogen-bond acceptors (Lipinski definition) is 3. The molecule has 0 unspecified atom stereocenters. The zero-order valence-electron chi connectivity index (χ0n) is 10.6. The molecule has 21 heavy (non-hydrogen) atoms. The molecule has 0 bridgehead atoms. The monoisotopic (exact) mass is 296 g/mol. The fourth-order valence-electron chi connectivity index (χ4n) is 1.73. The zero-order valence-corrected chi connectivity index (χ0v) is 10.6. The molecule has 0 saturated carbocycles. The number of nitrogens with one attached hydrogen (secondary N) is 1. The molecule has 0 aromatic heterocycles. The largest absolute Gasteiger partial charge is 0.508 e. The standard InChI is InChI=1S/C14H11F3N2O2/c15-14(16,17)11-7-9(4-5-12(11)18)19-13(21)8-2-1-3-10(20)6-8/h1-7,20H,18H2,(H,19,21). The second-order valence-electron chi connectivity index (χ2n) is 4.30. The van der Waals surface area contributed by atoms with E-state index >= 15 is 0 Å². The number of carbonyl (C=O) groups excluding carboxylic acids is 1. The zero-order chi connectivity index (χ0) is 15.6. The molecule has 110 valence electrons. The SMILES string of the molecule is Nc1ccc(NC(=O)c2cccc(O)c2)cc1C(F)(F)F. The number of amides is 1. The van der Waals surface area contributed by atoms with Gasteiger partial charge in [0.2, 0.25) is 0 Å². The molecule has 0 aliphatic heterocycles. The van der Waals surface area contributed by atoms with Gasteiger partial charge in [-0.1, -0.05) is 6.07 Å². The summed E-state index contributed by atoms with van der Waals surface area (Å²) in [6.45, 7) is 0. The van der Waals surface area contributed by atoms with Crippen LogP contribution in [0.4, 0.5) is 24.5 Å². The van der Waals surface area contributed by atoms with Crippen molar-refractivity contribution in [2.24, 2.45) is 0 Å². The number of hydrogen-bond donors (Lipinski definition) is 3. The molecular weight excluding hydrogens is 285 g/mol. The molecule has 1 amide bonds. The van der Waals surface area contributed by atoms with Crippen LogP contribution in [0.25, 0.3) is 0 Å². The number of rotatable bonds is 2. The minimum absolute atomic E-state index is 0.0372. The summed E-state index contributed by atoms with van der Waals surface area (Å²) < 4.78 is 38.1. The van der Waals surface area contributed by atoms with Crippen LogP contribution in [0.3, 0.4) is 0 Å². The maximum atomic E-state index is 12.7. The summed E-state index contributed by atoms with van der Waals surface area (Å²) in [5, 5.41) is 11.6. The van der Waals surface area contributed by atoms with Crippen LogP contribution in [-0.2, 0) is 6.18 Å². The number of phenolic OH excluding ortho intramolecular Hbond substituents is 1. The summed E-state index contributed by atoms with van der Waals surface area (Å²) >= 11 is 0. The van der Waals surface area contributed by atoms with Crippen molar-refractivity contribution < 1.29 is 23.1 Å². The minimum Gasteiger partial charge on any atom is -0.508 e. The Hall–Kier alpha value is -2.70. The van der Waals surface area contributed by atoms with Gasteiger partial charge in [-0.15, -0.1) is 0 Å². The first-order chi connectivity index (χ1) is 9.77. The Kier molecular flexibility index (Phi) is 3.75. The van der Waals surface area contributed by atoms with Crippen LogP contribution in [0, 0.1) is 0 Å². The number of halogens is 3. The van der Waals surface area contributed by atoms with Gasteiger partial charge in [-0.2, -0.15) is 13.2 Å². The highest BCUT2D eigenvalue weighted by molar-refractivity contribution is 6.04. The molecule has 0 aliphatic rings. The molecule has 4 nitrogen and oxygen atoms in total. The molecule has 2 rings (SSSR count). The number of nitrogen functional groups attached to an aromatic ring is 1. The molecule has 0 fully saturated rings. The molecule has 0 atom stereocenters. The van der Waals surface area contributed by atoms with Crippen molar-refractivity contribution in [1.82, 2.24) is 0 Å². The van der Waals surface area contributed by atoms with Crippen LogP contribution in [-0.4, -0.2) is 11.0 Å². The van der Waals surface area contributed by atoms with Gasteiger partial charge in [-0.3, -0.25) is 4.79 Å². The Labute approximate surface area is 118 Å². The van der Waals surface area contributed by atoms with Gasteiger partial charge in [0.1, 0.15) is 5.75 Å². The predicted octanol–water partition coefficient (Wildman–Crippen LogP) is 3.25. The van der Waals surface area contributed by atoms with E-state index in [0.29, 0.717) is 0 Å². The van der Waals surface area contributed by atoms with Crippen LogP contribution in [0.1, 0.15) is 15.9 Å². The Morgan fingerprint density at radius 3 is 2.48 bits per heavy atom. The second-order valence-corrected chi connectivity index (χ2v) is 4.30. The van der Waals surface area contributed by atoms with Crippen LogP contribution in [0.5, 0.6) is 5.75 Å². The summed E-state index contributed by atoms with van der Waals surface area (Å²) in [7, 11) is 0. The van der Waals surface area contributed by atoms with E-state index in [0.717, 1.165) is 12.1 Å². The van der Waals surface area contributed by atoms with Gasteiger partial charge in [-0.25, -0.2) is 0 Å². The van der Waals surface area contributed by atoms with Crippen LogP contribution < -0.4 is 11.1 Å². The number of phenols is 1. The highest BCUT2D eigenvalue weighted by Crippen LogP contribution is 2.35. The van der Waals surface area contributed by atoms with E-state index in [-0.39, 0.29) is 17.0 Å². The lowest BCUT2D eigenvalue weighted by Crippen LogP contribution is -2.14. The summed E-state index contributed by atoms with van der Waals surface area (Å²) in [5.41, 5.74) is 3.92. The third-order valence-electron chi connectivity index (χ3n) is 2.72. The van der Waals surface area contributed by atoms with Crippen molar-refractivity contribution in [1.29, 1.82) is 0 Å². The van der Waals surface area contributed by atoms with Gasteiger partial charge < -0.3 is 16.2 Å². The van der Waals surface area contributed by atoms with E-state index in [4.69, 9.17) is 5.73 Å². The Morgan fingerprint density at radius 2 is 1.86 bits per heavy atom. The third kappa shape index (κ3) is 3.44. The molecule has 7 heteroatoms. The van der Waals surface area contributed by atoms with Gasteiger partial charge in [0.25, 0.3) is 5.91 Å². The highest BCUT2D eigenvalue weighted by Gasteiger charge is 2.33. The van der Waals surface area contributed by atoms with Crippen molar-refractivity contribution in [3.05, 3.63) is 53.6 Å². The first-order valence-corrected chi connectivity index (χ1v) is 5.84. The lowest BCUT2D eigenvalue weighted by molar-refractivity contribution is -0.136. The summed E-state index contributed by atoms with van der Waals surface area (Å²) in [6.07, 6.45) is -4.60. The fraction of sp³-hybridized carbons (Fsp3) is 0.0714. The molecular formula is C14H11F3N2O2. The first-order valence-electron chi connectivity index (χ1n) is 5.84. The van der Waals surface area contributed by atoms with E-state index in [2.05, 4.69) is 5.32 Å². The van der Waals surface area contributed by atoms with Crippen molar-refractivity contribution in [2.45, 2.75) is 6.18 Å². The van der Waals surface area contributed by atoms with E-state index in [1.807, 2.05) is 0 Å². The van der Waals surface area contributed by atoms with Crippen LogP contribution >= 0.6 is 0 Å². The second kappa shape index (κ2) is 5.35. The maximum absolute atomic E-state index is 12.7. The minimum atomic E-state index is -4.60. The lowest BCUT2D eigenvalue weighted by atomic mass is 10.1.